The molecule has 0 spiro atoms. The quantitative estimate of drug-likeness (QED) is 0.267. The van der Waals surface area contributed by atoms with Gasteiger partial charge in [-0.05, 0) is 60.0 Å². The van der Waals surface area contributed by atoms with Crippen molar-refractivity contribution < 1.29 is 4.79 Å². The summed E-state index contributed by atoms with van der Waals surface area (Å²) in [5, 5.41) is 8.75. The van der Waals surface area contributed by atoms with Gasteiger partial charge in [-0.1, -0.05) is 76.7 Å². The average Bonchev–Trinajstić information content (AvgIpc) is 3.22. The Balaban J connectivity index is 1.78. The number of nitrogens with one attached hydrogen (secondary N) is 1. The molecule has 33 heavy (non-hydrogen) atoms. The van der Waals surface area contributed by atoms with E-state index in [2.05, 4.69) is 45.2 Å². The number of hydrogen-bond acceptors (Lipinski definition) is 3. The third kappa shape index (κ3) is 5.25. The van der Waals surface area contributed by atoms with Crippen molar-refractivity contribution in [1.82, 2.24) is 14.8 Å². The van der Waals surface area contributed by atoms with Crippen molar-refractivity contribution in [3.63, 3.8) is 0 Å². The topological polar surface area (TPSA) is 59.8 Å². The van der Waals surface area contributed by atoms with Crippen LogP contribution >= 0.6 is 50.7 Å². The van der Waals surface area contributed by atoms with E-state index in [-0.39, 0.29) is 11.7 Å². The van der Waals surface area contributed by atoms with E-state index in [1.165, 1.54) is 0 Å². The van der Waals surface area contributed by atoms with Crippen LogP contribution < -0.4 is 5.32 Å². The highest BCUT2D eigenvalue weighted by Gasteiger charge is 2.21. The number of rotatable bonds is 5. The summed E-state index contributed by atoms with van der Waals surface area (Å²) in [6.07, 6.45) is 0. The van der Waals surface area contributed by atoms with Crippen molar-refractivity contribution in [2.45, 2.75) is 19.8 Å². The molecule has 4 aromatic rings. The molecule has 168 valence electrons. The van der Waals surface area contributed by atoms with Crippen LogP contribution in [0.5, 0.6) is 0 Å². The van der Waals surface area contributed by atoms with E-state index in [1.54, 1.807) is 35.0 Å². The van der Waals surface area contributed by atoms with Crippen LogP contribution in [0.25, 0.3) is 17.1 Å². The fraction of sp³-hybridized carbons (Fsp3) is 0.125. The van der Waals surface area contributed by atoms with E-state index >= 15 is 0 Å². The zero-order valence-corrected chi connectivity index (χ0v) is 21.5. The molecule has 0 radical (unpaired) electrons. The predicted molar refractivity (Wildman–Crippen MR) is 138 cm³/mol. The van der Waals surface area contributed by atoms with E-state index < -0.39 is 5.91 Å². The summed E-state index contributed by atoms with van der Waals surface area (Å²) >= 11 is 22.0. The van der Waals surface area contributed by atoms with Crippen LogP contribution in [0.2, 0.25) is 15.1 Å². The van der Waals surface area contributed by atoms with E-state index in [1.807, 2.05) is 30.3 Å². The van der Waals surface area contributed by atoms with Gasteiger partial charge >= 0.3 is 0 Å². The van der Waals surface area contributed by atoms with Crippen LogP contribution in [-0.2, 0) is 0 Å². The van der Waals surface area contributed by atoms with Gasteiger partial charge in [0.25, 0.3) is 5.91 Å². The van der Waals surface area contributed by atoms with Crippen LogP contribution in [0.4, 0.5) is 5.69 Å². The number of benzene rings is 3. The third-order valence-electron chi connectivity index (χ3n) is 4.92. The van der Waals surface area contributed by atoms with Crippen LogP contribution in [0, 0.1) is 0 Å². The maximum Gasteiger partial charge on any atom is 0.295 e. The monoisotopic (exact) mass is 562 g/mol. The molecule has 1 aromatic heterocycles. The Kier molecular flexibility index (Phi) is 7.10. The average molecular weight is 565 g/mol. The van der Waals surface area contributed by atoms with Crippen LogP contribution in [0.1, 0.15) is 35.9 Å². The number of hydrogen-bond donors (Lipinski definition) is 1. The minimum atomic E-state index is -0.429. The Morgan fingerprint density at radius 1 is 1.00 bits per heavy atom. The van der Waals surface area contributed by atoms with Crippen LogP contribution in [0.3, 0.4) is 0 Å². The smallest absolute Gasteiger partial charge is 0.295 e. The lowest BCUT2D eigenvalue weighted by Crippen LogP contribution is -2.16. The molecule has 0 atom stereocenters. The lowest BCUT2D eigenvalue weighted by molar-refractivity contribution is 0.101. The van der Waals surface area contributed by atoms with E-state index in [0.29, 0.717) is 37.8 Å². The molecular formula is C24H18BrCl3N4O. The first-order valence-electron chi connectivity index (χ1n) is 10.0. The molecule has 0 fully saturated rings. The Hall–Kier alpha value is -2.38. The highest BCUT2D eigenvalue weighted by atomic mass is 79.9. The molecule has 0 aliphatic heterocycles. The van der Waals surface area contributed by atoms with E-state index in [0.717, 1.165) is 10.0 Å². The largest absolute Gasteiger partial charge is 0.319 e. The number of nitrogens with zero attached hydrogens (tertiary/aromatic N) is 3. The van der Waals surface area contributed by atoms with Gasteiger partial charge in [0.2, 0.25) is 5.82 Å². The molecule has 9 heteroatoms. The molecule has 1 amide bonds. The van der Waals surface area contributed by atoms with Crippen molar-refractivity contribution in [1.29, 1.82) is 0 Å². The molecule has 0 unspecified atom stereocenters. The van der Waals surface area contributed by atoms with Crippen LogP contribution in [-0.4, -0.2) is 20.7 Å². The second kappa shape index (κ2) is 9.85. The zero-order valence-electron chi connectivity index (χ0n) is 17.6. The number of halogens is 4. The minimum Gasteiger partial charge on any atom is -0.319 e. The fourth-order valence-corrected chi connectivity index (χ4v) is 4.18. The lowest BCUT2D eigenvalue weighted by atomic mass is 10.0. The summed E-state index contributed by atoms with van der Waals surface area (Å²) in [5.41, 5.74) is 3.01. The Labute approximate surface area is 214 Å². The normalized spacial score (nSPS) is 11.1. The summed E-state index contributed by atoms with van der Waals surface area (Å²) in [5.74, 6) is 0.234. The van der Waals surface area contributed by atoms with Gasteiger partial charge in [-0.15, -0.1) is 5.10 Å². The van der Waals surface area contributed by atoms with Gasteiger partial charge in [0, 0.05) is 20.7 Å². The summed E-state index contributed by atoms with van der Waals surface area (Å²) in [6, 6.07) is 18.0. The van der Waals surface area contributed by atoms with Crippen molar-refractivity contribution in [2.75, 3.05) is 5.32 Å². The van der Waals surface area contributed by atoms with Gasteiger partial charge in [0.15, 0.2) is 5.82 Å². The molecule has 4 rings (SSSR count). The first-order valence-corrected chi connectivity index (χ1v) is 11.9. The summed E-state index contributed by atoms with van der Waals surface area (Å²) < 4.78 is 2.49. The molecule has 3 aromatic carbocycles. The summed E-state index contributed by atoms with van der Waals surface area (Å²) in [4.78, 5) is 17.7. The SMILES string of the molecule is CC(C)c1cc(Br)ccc1NC(=O)c1nc(-c2cccc(Cl)c2)n(-c2ccc(Cl)c(Cl)c2)n1. The summed E-state index contributed by atoms with van der Waals surface area (Å²) in [6.45, 7) is 4.12. The molecule has 0 aliphatic carbocycles. The Morgan fingerprint density at radius 3 is 2.48 bits per heavy atom. The molecule has 5 nitrogen and oxygen atoms in total. The molecule has 1 N–H and O–H groups in total. The number of amides is 1. The Morgan fingerprint density at radius 2 is 1.79 bits per heavy atom. The summed E-state index contributed by atoms with van der Waals surface area (Å²) in [7, 11) is 0. The highest BCUT2D eigenvalue weighted by molar-refractivity contribution is 9.10. The van der Waals surface area contributed by atoms with Gasteiger partial charge in [-0.25, -0.2) is 9.67 Å². The Bertz CT molecular complexity index is 1350. The molecule has 0 saturated carbocycles. The number of carbonyl (C=O) groups excluding carboxylic acids is 1. The highest BCUT2D eigenvalue weighted by Crippen LogP contribution is 2.30. The van der Waals surface area contributed by atoms with Crippen molar-refractivity contribution in [3.05, 3.63) is 91.6 Å². The molecule has 0 aliphatic rings. The van der Waals surface area contributed by atoms with E-state index in [9.17, 15) is 4.79 Å². The second-order valence-electron chi connectivity index (χ2n) is 7.62. The van der Waals surface area contributed by atoms with Gasteiger partial charge in [0.05, 0.1) is 15.7 Å². The molecule has 1 heterocycles. The predicted octanol–water partition coefficient (Wildman–Crippen LogP) is 8.03. The third-order valence-corrected chi connectivity index (χ3v) is 6.39. The van der Waals surface area contributed by atoms with Gasteiger partial charge < -0.3 is 5.32 Å². The van der Waals surface area contributed by atoms with Gasteiger partial charge in [-0.2, -0.15) is 0 Å². The zero-order chi connectivity index (χ0) is 23.7. The number of carbonyl (C=O) groups is 1. The molecule has 0 bridgehead atoms. The number of aromatic nitrogens is 3. The van der Waals surface area contributed by atoms with Crippen molar-refractivity contribution >= 4 is 62.3 Å². The van der Waals surface area contributed by atoms with Gasteiger partial charge in [0.1, 0.15) is 0 Å². The van der Waals surface area contributed by atoms with Crippen LogP contribution in [0.15, 0.2) is 65.1 Å². The molecular weight excluding hydrogens is 547 g/mol. The lowest BCUT2D eigenvalue weighted by Gasteiger charge is -2.13. The molecule has 0 saturated heterocycles. The standard InChI is InChI=1S/C24H18BrCl3N4O/c1-13(2)18-11-15(25)6-9-21(18)29-24(33)22-30-23(14-4-3-5-16(26)10-14)32(31-22)17-7-8-19(27)20(28)12-17/h3-13H,1-2H3,(H,29,33). The van der Waals surface area contributed by atoms with Crippen molar-refractivity contribution in [2.24, 2.45) is 0 Å². The maximum absolute atomic E-state index is 13.2. The van der Waals surface area contributed by atoms with Crippen molar-refractivity contribution in [3.8, 4) is 17.1 Å². The fourth-order valence-electron chi connectivity index (χ4n) is 3.32. The first kappa shape index (κ1) is 23.8. The number of anilines is 1. The van der Waals surface area contributed by atoms with E-state index in [4.69, 9.17) is 34.8 Å². The second-order valence-corrected chi connectivity index (χ2v) is 9.79. The van der Waals surface area contributed by atoms with Gasteiger partial charge in [-0.3, -0.25) is 4.79 Å². The maximum atomic E-state index is 13.2. The minimum absolute atomic E-state index is 0.00803. The first-order chi connectivity index (χ1) is 15.7.